The minimum absolute atomic E-state index is 0.376. The number of aryl methyl sites for hydroxylation is 1. The third-order valence-corrected chi connectivity index (χ3v) is 2.54. The summed E-state index contributed by atoms with van der Waals surface area (Å²) in [7, 11) is 0. The number of amides is 2. The first kappa shape index (κ1) is 11.8. The number of carbonyl (C=O) groups excluding carboxylic acids is 1. The Kier molecular flexibility index (Phi) is 2.73. The second kappa shape index (κ2) is 3.94. The predicted molar refractivity (Wildman–Crippen MR) is 56.7 cm³/mol. The first-order chi connectivity index (χ1) is 7.87. The van der Waals surface area contributed by atoms with Gasteiger partial charge in [-0.25, -0.2) is 18.0 Å². The highest BCUT2D eigenvalue weighted by Gasteiger charge is 2.46. The van der Waals surface area contributed by atoms with Crippen LogP contribution in [0.15, 0.2) is 18.2 Å². The Balaban J connectivity index is 1.97. The van der Waals surface area contributed by atoms with Crippen molar-refractivity contribution in [3.63, 3.8) is 0 Å². The zero-order chi connectivity index (χ0) is 12.6. The lowest BCUT2D eigenvalue weighted by Gasteiger charge is -2.38. The molecule has 1 heterocycles. The van der Waals surface area contributed by atoms with Crippen molar-refractivity contribution in [3.8, 4) is 0 Å². The number of hydrogen-bond acceptors (Lipinski definition) is 1. The van der Waals surface area contributed by atoms with E-state index in [1.165, 1.54) is 18.2 Å². The van der Waals surface area contributed by atoms with Gasteiger partial charge in [-0.15, -0.1) is 0 Å². The Morgan fingerprint density at radius 2 is 2.06 bits per heavy atom. The lowest BCUT2D eigenvalue weighted by atomic mass is 10.1. The normalized spacial score (nSPS) is 17.5. The molecule has 0 aromatic heterocycles. The van der Waals surface area contributed by atoms with Crippen LogP contribution in [0, 0.1) is 12.7 Å². The molecule has 0 saturated carbocycles. The maximum Gasteiger partial charge on any atom is 0.322 e. The minimum atomic E-state index is -2.78. The number of alkyl halides is 2. The molecule has 3 nitrogen and oxygen atoms in total. The van der Waals surface area contributed by atoms with Crippen molar-refractivity contribution >= 4 is 11.7 Å². The van der Waals surface area contributed by atoms with E-state index in [0.29, 0.717) is 11.3 Å². The van der Waals surface area contributed by atoms with Crippen LogP contribution < -0.4 is 5.32 Å². The molecule has 17 heavy (non-hydrogen) atoms. The number of rotatable bonds is 1. The third-order valence-electron chi connectivity index (χ3n) is 2.54. The zero-order valence-corrected chi connectivity index (χ0v) is 9.14. The summed E-state index contributed by atoms with van der Waals surface area (Å²) in [6, 6.07) is 3.46. The van der Waals surface area contributed by atoms with Gasteiger partial charge in [0.05, 0.1) is 13.1 Å². The molecule has 1 aromatic rings. The highest BCUT2D eigenvalue weighted by molar-refractivity contribution is 5.90. The van der Waals surface area contributed by atoms with Crippen molar-refractivity contribution in [1.82, 2.24) is 4.90 Å². The van der Waals surface area contributed by atoms with E-state index in [-0.39, 0.29) is 5.82 Å². The van der Waals surface area contributed by atoms with E-state index in [1.54, 1.807) is 6.92 Å². The van der Waals surface area contributed by atoms with Crippen LogP contribution in [-0.4, -0.2) is 29.9 Å². The second-order valence-electron chi connectivity index (χ2n) is 4.11. The van der Waals surface area contributed by atoms with Crippen LogP contribution in [0.5, 0.6) is 0 Å². The number of likely N-dealkylation sites (tertiary alicyclic amines) is 1. The van der Waals surface area contributed by atoms with Gasteiger partial charge in [0.2, 0.25) is 0 Å². The third kappa shape index (κ3) is 2.51. The van der Waals surface area contributed by atoms with Crippen molar-refractivity contribution in [2.24, 2.45) is 0 Å². The average molecular weight is 244 g/mol. The summed E-state index contributed by atoms with van der Waals surface area (Å²) in [6.45, 7) is 0.417. The van der Waals surface area contributed by atoms with Crippen molar-refractivity contribution in [2.75, 3.05) is 18.4 Å². The molecule has 2 amide bonds. The number of nitrogens with zero attached hydrogens (tertiary/aromatic N) is 1. The SMILES string of the molecule is Cc1cc(NC(=O)N2CC(F)(F)C2)ccc1F. The van der Waals surface area contributed by atoms with Gasteiger partial charge in [0.1, 0.15) is 5.82 Å². The fourth-order valence-corrected chi connectivity index (χ4v) is 1.58. The molecule has 0 aliphatic carbocycles. The summed E-state index contributed by atoms with van der Waals surface area (Å²) in [5.74, 6) is -3.16. The number of benzene rings is 1. The van der Waals surface area contributed by atoms with E-state index < -0.39 is 25.0 Å². The van der Waals surface area contributed by atoms with Gasteiger partial charge in [-0.2, -0.15) is 0 Å². The molecule has 1 aromatic carbocycles. The topological polar surface area (TPSA) is 32.3 Å². The van der Waals surface area contributed by atoms with Crippen LogP contribution in [0.1, 0.15) is 5.56 Å². The summed E-state index contributed by atoms with van der Waals surface area (Å²) >= 11 is 0. The minimum Gasteiger partial charge on any atom is -0.312 e. The van der Waals surface area contributed by atoms with Gasteiger partial charge in [-0.1, -0.05) is 0 Å². The summed E-state index contributed by atoms with van der Waals surface area (Å²) in [5.41, 5.74) is 0.779. The molecule has 0 radical (unpaired) electrons. The Hall–Kier alpha value is -1.72. The lowest BCUT2D eigenvalue weighted by Crippen LogP contribution is -2.59. The number of urea groups is 1. The van der Waals surface area contributed by atoms with Gasteiger partial charge < -0.3 is 10.2 Å². The molecule has 0 bridgehead atoms. The smallest absolute Gasteiger partial charge is 0.312 e. The van der Waals surface area contributed by atoms with Crippen molar-refractivity contribution in [3.05, 3.63) is 29.6 Å². The first-order valence-electron chi connectivity index (χ1n) is 5.07. The Morgan fingerprint density at radius 1 is 1.41 bits per heavy atom. The molecule has 0 spiro atoms. The van der Waals surface area contributed by atoms with Gasteiger partial charge in [0.25, 0.3) is 5.92 Å². The molecule has 1 fully saturated rings. The van der Waals surface area contributed by atoms with Crippen molar-refractivity contribution in [2.45, 2.75) is 12.8 Å². The van der Waals surface area contributed by atoms with E-state index >= 15 is 0 Å². The maximum atomic E-state index is 13.0. The summed E-state index contributed by atoms with van der Waals surface area (Å²) in [6.07, 6.45) is 0. The molecule has 1 N–H and O–H groups in total. The Labute approximate surface area is 96.2 Å². The van der Waals surface area contributed by atoms with E-state index in [0.717, 1.165) is 4.90 Å². The van der Waals surface area contributed by atoms with Crippen LogP contribution in [0.25, 0.3) is 0 Å². The van der Waals surface area contributed by atoms with Crippen LogP contribution >= 0.6 is 0 Å². The standard InChI is InChI=1S/C11H11F3N2O/c1-7-4-8(2-3-9(7)12)15-10(17)16-5-11(13,14)6-16/h2-4H,5-6H2,1H3,(H,15,17). The number of halogens is 3. The molecule has 1 aliphatic heterocycles. The molecule has 0 atom stereocenters. The monoisotopic (exact) mass is 244 g/mol. The summed E-state index contributed by atoms with van der Waals surface area (Å²) in [4.78, 5) is 12.5. The van der Waals surface area contributed by atoms with E-state index in [2.05, 4.69) is 5.32 Å². The van der Waals surface area contributed by atoms with E-state index in [4.69, 9.17) is 0 Å². The number of carbonyl (C=O) groups is 1. The number of nitrogens with one attached hydrogen (secondary N) is 1. The molecule has 2 rings (SSSR count). The van der Waals surface area contributed by atoms with Crippen molar-refractivity contribution < 1.29 is 18.0 Å². The average Bonchev–Trinajstić information content (AvgIpc) is 2.20. The van der Waals surface area contributed by atoms with Gasteiger partial charge in [-0.05, 0) is 30.7 Å². The Bertz CT molecular complexity index is 454. The molecule has 1 aliphatic rings. The molecule has 6 heteroatoms. The van der Waals surface area contributed by atoms with E-state index in [9.17, 15) is 18.0 Å². The molecular weight excluding hydrogens is 233 g/mol. The van der Waals surface area contributed by atoms with Crippen molar-refractivity contribution in [1.29, 1.82) is 0 Å². The van der Waals surface area contributed by atoms with Crippen LogP contribution in [0.4, 0.5) is 23.7 Å². The predicted octanol–water partition coefficient (Wildman–Crippen LogP) is 2.62. The quantitative estimate of drug-likeness (QED) is 0.809. The second-order valence-corrected chi connectivity index (χ2v) is 4.11. The first-order valence-corrected chi connectivity index (χ1v) is 5.07. The highest BCUT2D eigenvalue weighted by Crippen LogP contribution is 2.27. The fourth-order valence-electron chi connectivity index (χ4n) is 1.58. The molecule has 92 valence electrons. The van der Waals surface area contributed by atoms with Gasteiger partial charge >= 0.3 is 6.03 Å². The Morgan fingerprint density at radius 3 is 2.59 bits per heavy atom. The molecule has 0 unspecified atom stereocenters. The lowest BCUT2D eigenvalue weighted by molar-refractivity contribution is -0.107. The summed E-state index contributed by atoms with van der Waals surface area (Å²) < 4.78 is 38.0. The summed E-state index contributed by atoms with van der Waals surface area (Å²) in [5, 5.41) is 2.44. The molecule has 1 saturated heterocycles. The number of anilines is 1. The maximum absolute atomic E-state index is 13.0. The van der Waals surface area contributed by atoms with Crippen LogP contribution in [0.3, 0.4) is 0 Å². The van der Waals surface area contributed by atoms with Crippen LogP contribution in [-0.2, 0) is 0 Å². The zero-order valence-electron chi connectivity index (χ0n) is 9.14. The van der Waals surface area contributed by atoms with E-state index in [1.807, 2.05) is 0 Å². The van der Waals surface area contributed by atoms with Crippen LogP contribution in [0.2, 0.25) is 0 Å². The fraction of sp³-hybridized carbons (Fsp3) is 0.364. The van der Waals surface area contributed by atoms with Gasteiger partial charge in [0.15, 0.2) is 0 Å². The van der Waals surface area contributed by atoms with Gasteiger partial charge in [-0.3, -0.25) is 0 Å². The molecular formula is C11H11F3N2O. The number of hydrogen-bond donors (Lipinski definition) is 1. The largest absolute Gasteiger partial charge is 0.322 e. The van der Waals surface area contributed by atoms with Gasteiger partial charge in [0, 0.05) is 5.69 Å². The highest BCUT2D eigenvalue weighted by atomic mass is 19.3.